The van der Waals surface area contributed by atoms with Crippen molar-refractivity contribution in [3.8, 4) is 17.1 Å². The van der Waals surface area contributed by atoms with Crippen LogP contribution < -0.4 is 4.74 Å². The molecule has 0 aliphatic rings. The summed E-state index contributed by atoms with van der Waals surface area (Å²) in [7, 11) is -2.53. The number of ether oxygens (including phenoxy) is 1. The van der Waals surface area contributed by atoms with E-state index in [1.54, 1.807) is 30.3 Å². The second-order valence-electron chi connectivity index (χ2n) is 7.01. The Balaban J connectivity index is 1.94. The molecular weight excluding hydrogens is 449 g/mol. The van der Waals surface area contributed by atoms with Gasteiger partial charge in [0.15, 0.2) is 0 Å². The smallest absolute Gasteiger partial charge is 0.247 e. The fourth-order valence-electron chi connectivity index (χ4n) is 2.83. The van der Waals surface area contributed by atoms with E-state index in [2.05, 4.69) is 10.1 Å². The number of rotatable bonds is 8. The second-order valence-corrected chi connectivity index (χ2v) is 9.78. The fraction of sp³-hybridized carbons (Fsp3) is 0.300. The normalized spacial score (nSPS) is 12.0. The quantitative estimate of drug-likeness (QED) is 0.466. The second kappa shape index (κ2) is 9.34. The van der Waals surface area contributed by atoms with Crippen molar-refractivity contribution >= 4 is 33.2 Å². The van der Waals surface area contributed by atoms with Crippen LogP contribution in [0, 0.1) is 5.92 Å². The molecular formula is C20H21Cl2N3O4S. The van der Waals surface area contributed by atoms with E-state index in [1.165, 1.54) is 23.5 Å². The zero-order valence-corrected chi connectivity index (χ0v) is 19.0. The fourth-order valence-corrected chi connectivity index (χ4v) is 4.93. The molecule has 0 bridgehead atoms. The number of sulfonamides is 1. The zero-order chi connectivity index (χ0) is 21.9. The maximum atomic E-state index is 13.4. The lowest BCUT2D eigenvalue weighted by atomic mass is 10.2. The van der Waals surface area contributed by atoms with Crippen LogP contribution >= 0.6 is 23.2 Å². The summed E-state index contributed by atoms with van der Waals surface area (Å²) in [6, 6.07) is 11.4. The molecule has 0 saturated carbocycles. The lowest BCUT2D eigenvalue weighted by Crippen LogP contribution is -2.34. The molecule has 0 atom stereocenters. The Morgan fingerprint density at radius 3 is 2.40 bits per heavy atom. The first-order chi connectivity index (χ1) is 14.2. The molecule has 0 N–H and O–H groups in total. The summed E-state index contributed by atoms with van der Waals surface area (Å²) in [4.78, 5) is 4.32. The highest BCUT2D eigenvalue weighted by molar-refractivity contribution is 7.89. The number of hydrogen-bond acceptors (Lipinski definition) is 6. The van der Waals surface area contributed by atoms with Gasteiger partial charge in [-0.15, -0.1) is 0 Å². The van der Waals surface area contributed by atoms with Gasteiger partial charge in [-0.2, -0.15) is 9.29 Å². The monoisotopic (exact) mass is 469 g/mol. The molecule has 0 amide bonds. The summed E-state index contributed by atoms with van der Waals surface area (Å²) in [6.45, 7) is 4.00. The number of aromatic nitrogens is 2. The van der Waals surface area contributed by atoms with Crippen LogP contribution in [-0.4, -0.2) is 36.5 Å². The van der Waals surface area contributed by atoms with Gasteiger partial charge in [0.2, 0.25) is 21.7 Å². The maximum absolute atomic E-state index is 13.4. The van der Waals surface area contributed by atoms with E-state index in [0.29, 0.717) is 21.4 Å². The molecule has 2 aromatic carbocycles. The predicted molar refractivity (Wildman–Crippen MR) is 115 cm³/mol. The third-order valence-corrected chi connectivity index (χ3v) is 6.51. The average molecular weight is 470 g/mol. The van der Waals surface area contributed by atoms with Crippen LogP contribution in [0.1, 0.15) is 19.7 Å². The van der Waals surface area contributed by atoms with Gasteiger partial charge in [0.05, 0.1) is 13.7 Å². The van der Waals surface area contributed by atoms with Gasteiger partial charge in [0.1, 0.15) is 10.6 Å². The number of benzene rings is 2. The van der Waals surface area contributed by atoms with Gasteiger partial charge in [0.25, 0.3) is 0 Å². The standard InChI is InChI=1S/C20H21Cl2N3O4S/c1-13(2)11-25(30(26,27)18-10-16(22)8-9-17(18)28-3)12-19-23-20(24-29-19)14-4-6-15(21)7-5-14/h4-10,13H,11-12H2,1-3H3. The summed E-state index contributed by atoms with van der Waals surface area (Å²) >= 11 is 12.0. The maximum Gasteiger partial charge on any atom is 0.247 e. The van der Waals surface area contributed by atoms with Gasteiger partial charge in [0, 0.05) is 22.2 Å². The molecule has 0 spiro atoms. The predicted octanol–water partition coefficient (Wildman–Crippen LogP) is 4.90. The van der Waals surface area contributed by atoms with Gasteiger partial charge in [-0.05, 0) is 48.4 Å². The SMILES string of the molecule is COc1ccc(Cl)cc1S(=O)(=O)N(Cc1nc(-c2ccc(Cl)cc2)no1)CC(C)C. The summed E-state index contributed by atoms with van der Waals surface area (Å²) < 4.78 is 38.6. The summed E-state index contributed by atoms with van der Waals surface area (Å²) in [5, 5.41) is 4.84. The van der Waals surface area contributed by atoms with Crippen LogP contribution in [0.4, 0.5) is 0 Å². The van der Waals surface area contributed by atoms with Crippen LogP contribution in [0.15, 0.2) is 51.9 Å². The van der Waals surface area contributed by atoms with E-state index in [4.69, 9.17) is 32.5 Å². The highest BCUT2D eigenvalue weighted by Gasteiger charge is 2.30. The van der Waals surface area contributed by atoms with E-state index in [-0.39, 0.29) is 35.5 Å². The summed E-state index contributed by atoms with van der Waals surface area (Å²) in [6.07, 6.45) is 0. The molecule has 7 nitrogen and oxygen atoms in total. The summed E-state index contributed by atoms with van der Waals surface area (Å²) in [5.74, 6) is 0.790. The molecule has 0 aliphatic carbocycles. The number of nitrogens with zero attached hydrogens (tertiary/aromatic N) is 3. The van der Waals surface area contributed by atoms with Crippen molar-refractivity contribution in [2.24, 2.45) is 5.92 Å². The molecule has 0 aliphatic heterocycles. The average Bonchev–Trinajstić information content (AvgIpc) is 3.16. The lowest BCUT2D eigenvalue weighted by Gasteiger charge is -2.23. The third-order valence-electron chi connectivity index (χ3n) is 4.19. The van der Waals surface area contributed by atoms with Crippen molar-refractivity contribution in [2.45, 2.75) is 25.3 Å². The first-order valence-electron chi connectivity index (χ1n) is 9.13. The van der Waals surface area contributed by atoms with Crippen LogP contribution in [0.5, 0.6) is 5.75 Å². The highest BCUT2D eigenvalue weighted by atomic mass is 35.5. The Bertz CT molecular complexity index is 1120. The van der Waals surface area contributed by atoms with Crippen molar-refractivity contribution < 1.29 is 17.7 Å². The third kappa shape index (κ3) is 5.13. The van der Waals surface area contributed by atoms with Crippen molar-refractivity contribution in [1.29, 1.82) is 0 Å². The van der Waals surface area contributed by atoms with Crippen molar-refractivity contribution in [3.63, 3.8) is 0 Å². The van der Waals surface area contributed by atoms with Gasteiger partial charge < -0.3 is 9.26 Å². The van der Waals surface area contributed by atoms with Crippen LogP contribution in [0.2, 0.25) is 10.0 Å². The topological polar surface area (TPSA) is 85.5 Å². The molecule has 0 unspecified atom stereocenters. The number of halogens is 2. The van der Waals surface area contributed by atoms with Crippen LogP contribution in [0.3, 0.4) is 0 Å². The molecule has 3 rings (SSSR count). The minimum atomic E-state index is -3.94. The Kier molecular flexibility index (Phi) is 7.02. The molecule has 1 heterocycles. The van der Waals surface area contributed by atoms with E-state index in [1.807, 2.05) is 13.8 Å². The van der Waals surface area contributed by atoms with Gasteiger partial charge in [-0.3, -0.25) is 0 Å². The van der Waals surface area contributed by atoms with E-state index in [0.717, 1.165) is 0 Å². The van der Waals surface area contributed by atoms with E-state index in [9.17, 15) is 8.42 Å². The minimum absolute atomic E-state index is 0.0180. The summed E-state index contributed by atoms with van der Waals surface area (Å²) in [5.41, 5.74) is 0.712. The van der Waals surface area contributed by atoms with Crippen LogP contribution in [0.25, 0.3) is 11.4 Å². The molecule has 1 aromatic heterocycles. The molecule has 0 fully saturated rings. The Morgan fingerprint density at radius 2 is 1.77 bits per heavy atom. The Labute approximate surface area is 185 Å². The zero-order valence-electron chi connectivity index (χ0n) is 16.7. The van der Waals surface area contributed by atoms with Gasteiger partial charge in [-0.1, -0.05) is 42.2 Å². The van der Waals surface area contributed by atoms with E-state index >= 15 is 0 Å². The molecule has 0 saturated heterocycles. The minimum Gasteiger partial charge on any atom is -0.495 e. The van der Waals surface area contributed by atoms with Gasteiger partial charge >= 0.3 is 0 Å². The molecule has 30 heavy (non-hydrogen) atoms. The largest absolute Gasteiger partial charge is 0.495 e. The lowest BCUT2D eigenvalue weighted by molar-refractivity contribution is 0.297. The highest BCUT2D eigenvalue weighted by Crippen LogP contribution is 2.31. The number of hydrogen-bond donors (Lipinski definition) is 0. The molecule has 10 heteroatoms. The van der Waals surface area contributed by atoms with Crippen molar-refractivity contribution in [1.82, 2.24) is 14.4 Å². The van der Waals surface area contributed by atoms with E-state index < -0.39 is 10.0 Å². The number of methoxy groups -OCH3 is 1. The molecule has 160 valence electrons. The van der Waals surface area contributed by atoms with Gasteiger partial charge in [-0.25, -0.2) is 8.42 Å². The Hall–Kier alpha value is -2.13. The van der Waals surface area contributed by atoms with Crippen molar-refractivity contribution in [2.75, 3.05) is 13.7 Å². The molecule has 3 aromatic rings. The van der Waals surface area contributed by atoms with Crippen LogP contribution in [-0.2, 0) is 16.6 Å². The first-order valence-corrected chi connectivity index (χ1v) is 11.3. The van der Waals surface area contributed by atoms with Crippen molar-refractivity contribution in [3.05, 3.63) is 58.4 Å². The molecule has 0 radical (unpaired) electrons. The Morgan fingerprint density at radius 1 is 1.10 bits per heavy atom. The first kappa shape index (κ1) is 22.6.